The summed E-state index contributed by atoms with van der Waals surface area (Å²) in [5, 5.41) is 12.1. The number of amides is 1. The van der Waals surface area contributed by atoms with Crippen molar-refractivity contribution >= 4 is 40.5 Å². The number of hydrogen-bond acceptors (Lipinski definition) is 6. The van der Waals surface area contributed by atoms with Crippen LogP contribution >= 0.6 is 22.6 Å². The van der Waals surface area contributed by atoms with Gasteiger partial charge in [0.25, 0.3) is 5.91 Å². The average molecular weight is 500 g/mol. The van der Waals surface area contributed by atoms with Gasteiger partial charge in [0.15, 0.2) is 18.1 Å². The number of esters is 1. The predicted molar refractivity (Wildman–Crippen MR) is 114 cm³/mol. The zero-order chi connectivity index (χ0) is 21.1. The summed E-state index contributed by atoms with van der Waals surface area (Å²) in [6.07, 6.45) is 2.26. The highest BCUT2D eigenvalue weighted by Crippen LogP contribution is 2.35. The molecule has 1 aromatic rings. The Morgan fingerprint density at radius 2 is 1.96 bits per heavy atom. The molecule has 0 bridgehead atoms. The number of rotatable bonds is 10. The van der Waals surface area contributed by atoms with Gasteiger partial charge >= 0.3 is 5.97 Å². The molecule has 0 fully saturated rings. The van der Waals surface area contributed by atoms with Gasteiger partial charge in [-0.25, -0.2) is 4.79 Å². The summed E-state index contributed by atoms with van der Waals surface area (Å²) in [6.45, 7) is 7.80. The van der Waals surface area contributed by atoms with Gasteiger partial charge in [0.05, 0.1) is 16.8 Å². The summed E-state index contributed by atoms with van der Waals surface area (Å²) >= 11 is 2.05. The molecule has 0 aliphatic carbocycles. The van der Waals surface area contributed by atoms with E-state index in [2.05, 4.69) is 27.9 Å². The lowest BCUT2D eigenvalue weighted by atomic mass is 10.1. The quantitative estimate of drug-likeness (QED) is 0.229. The van der Waals surface area contributed by atoms with Gasteiger partial charge < -0.3 is 19.5 Å². The number of nitriles is 1. The SMILES string of the molecule is CCOC(=O)COc1c(I)cc(/C=C(\C#N)C(=O)N[C@H](C)CC)cc1OCC. The smallest absolute Gasteiger partial charge is 0.344 e. The van der Waals surface area contributed by atoms with Crippen LogP contribution in [0.25, 0.3) is 6.08 Å². The van der Waals surface area contributed by atoms with Crippen LogP contribution in [0.4, 0.5) is 0 Å². The van der Waals surface area contributed by atoms with Crippen molar-refractivity contribution in [1.82, 2.24) is 5.32 Å². The second-order valence-electron chi connectivity index (χ2n) is 5.81. The largest absolute Gasteiger partial charge is 0.490 e. The van der Waals surface area contributed by atoms with E-state index in [0.29, 0.717) is 27.2 Å². The van der Waals surface area contributed by atoms with E-state index in [9.17, 15) is 14.9 Å². The lowest BCUT2D eigenvalue weighted by molar-refractivity contribution is -0.145. The van der Waals surface area contributed by atoms with Crippen molar-refractivity contribution in [2.45, 2.75) is 40.2 Å². The second-order valence-corrected chi connectivity index (χ2v) is 6.97. The Morgan fingerprint density at radius 1 is 1.25 bits per heavy atom. The molecule has 0 saturated carbocycles. The van der Waals surface area contributed by atoms with E-state index in [4.69, 9.17) is 14.2 Å². The Hall–Kier alpha value is -2.28. The van der Waals surface area contributed by atoms with Gasteiger partial charge in [-0.15, -0.1) is 0 Å². The lowest BCUT2D eigenvalue weighted by Gasteiger charge is -2.14. The van der Waals surface area contributed by atoms with Crippen LogP contribution in [0.1, 0.15) is 39.7 Å². The van der Waals surface area contributed by atoms with E-state index in [0.717, 1.165) is 6.42 Å². The molecule has 0 aromatic heterocycles. The fourth-order valence-electron chi connectivity index (χ4n) is 2.13. The van der Waals surface area contributed by atoms with Gasteiger partial charge in [0.1, 0.15) is 11.6 Å². The fourth-order valence-corrected chi connectivity index (χ4v) is 2.91. The second kappa shape index (κ2) is 12.2. The van der Waals surface area contributed by atoms with Crippen LogP contribution < -0.4 is 14.8 Å². The van der Waals surface area contributed by atoms with Crippen LogP contribution in [-0.4, -0.2) is 37.7 Å². The Balaban J connectivity index is 3.15. The minimum absolute atomic E-state index is 0.00117. The molecule has 8 heteroatoms. The Kier molecular flexibility index (Phi) is 10.4. The number of halogens is 1. The summed E-state index contributed by atoms with van der Waals surface area (Å²) in [5.41, 5.74) is 0.617. The highest BCUT2D eigenvalue weighted by atomic mass is 127. The first kappa shape index (κ1) is 23.8. The zero-order valence-corrected chi connectivity index (χ0v) is 18.7. The molecule has 28 heavy (non-hydrogen) atoms. The van der Waals surface area contributed by atoms with E-state index in [1.165, 1.54) is 6.08 Å². The number of benzene rings is 1. The molecule has 1 amide bonds. The molecule has 1 aromatic carbocycles. The summed E-state index contributed by atoms with van der Waals surface area (Å²) in [4.78, 5) is 23.8. The highest BCUT2D eigenvalue weighted by Gasteiger charge is 2.16. The molecule has 0 unspecified atom stereocenters. The number of carbonyl (C=O) groups is 2. The summed E-state index contributed by atoms with van der Waals surface area (Å²) in [5.74, 6) is -0.0644. The molecule has 1 N–H and O–H groups in total. The molecule has 0 heterocycles. The topological polar surface area (TPSA) is 97.7 Å². The van der Waals surface area contributed by atoms with Crippen molar-refractivity contribution < 1.29 is 23.8 Å². The Morgan fingerprint density at radius 3 is 2.54 bits per heavy atom. The van der Waals surface area contributed by atoms with Crippen molar-refractivity contribution in [2.75, 3.05) is 19.8 Å². The Labute approximate surface area is 179 Å². The maximum Gasteiger partial charge on any atom is 0.344 e. The van der Waals surface area contributed by atoms with E-state index in [-0.39, 0.29) is 24.8 Å². The van der Waals surface area contributed by atoms with Crippen LogP contribution in [-0.2, 0) is 14.3 Å². The monoisotopic (exact) mass is 500 g/mol. The molecular weight excluding hydrogens is 475 g/mol. The number of ether oxygens (including phenoxy) is 3. The van der Waals surface area contributed by atoms with Crippen LogP contribution in [0.5, 0.6) is 11.5 Å². The zero-order valence-electron chi connectivity index (χ0n) is 16.5. The van der Waals surface area contributed by atoms with E-state index >= 15 is 0 Å². The summed E-state index contributed by atoms with van der Waals surface area (Å²) in [7, 11) is 0. The van der Waals surface area contributed by atoms with Crippen LogP contribution in [0.2, 0.25) is 0 Å². The minimum Gasteiger partial charge on any atom is -0.490 e. The standard InChI is InChI=1S/C20H25IN2O5/c1-5-13(4)23-20(25)15(11-22)8-14-9-16(21)19(17(10-14)26-6-2)28-12-18(24)27-7-3/h8-10,13H,5-7,12H2,1-4H3,(H,23,25)/b15-8+/t13-/m1/s1. The first-order valence-electron chi connectivity index (χ1n) is 9.03. The molecule has 0 aliphatic rings. The lowest BCUT2D eigenvalue weighted by Crippen LogP contribution is -2.32. The van der Waals surface area contributed by atoms with Crippen molar-refractivity contribution in [1.29, 1.82) is 5.26 Å². The van der Waals surface area contributed by atoms with Gasteiger partial charge in [-0.05, 0) is 73.6 Å². The number of hydrogen-bond donors (Lipinski definition) is 1. The first-order valence-corrected chi connectivity index (χ1v) is 10.1. The van der Waals surface area contributed by atoms with Crippen LogP contribution in [0.3, 0.4) is 0 Å². The third-order valence-corrected chi connectivity index (χ3v) is 4.44. The van der Waals surface area contributed by atoms with E-state index < -0.39 is 11.9 Å². The van der Waals surface area contributed by atoms with Crippen molar-refractivity contribution in [3.8, 4) is 17.6 Å². The minimum atomic E-state index is -0.474. The van der Waals surface area contributed by atoms with Crippen molar-refractivity contribution in [3.63, 3.8) is 0 Å². The van der Waals surface area contributed by atoms with Gasteiger partial charge in [0.2, 0.25) is 0 Å². The number of nitrogens with zero attached hydrogens (tertiary/aromatic N) is 1. The molecule has 0 radical (unpaired) electrons. The van der Waals surface area contributed by atoms with Crippen LogP contribution in [0, 0.1) is 14.9 Å². The molecule has 152 valence electrons. The van der Waals surface area contributed by atoms with Gasteiger partial charge in [-0.2, -0.15) is 5.26 Å². The molecule has 1 atom stereocenters. The molecule has 0 aliphatic heterocycles. The van der Waals surface area contributed by atoms with Crippen molar-refractivity contribution in [3.05, 3.63) is 26.8 Å². The van der Waals surface area contributed by atoms with Gasteiger partial charge in [-0.3, -0.25) is 4.79 Å². The molecule has 1 rings (SSSR count). The van der Waals surface area contributed by atoms with Crippen molar-refractivity contribution in [2.24, 2.45) is 0 Å². The highest BCUT2D eigenvalue weighted by molar-refractivity contribution is 14.1. The Bertz CT molecular complexity index is 771. The third kappa shape index (κ3) is 7.38. The molecule has 0 spiro atoms. The predicted octanol–water partition coefficient (Wildman–Crippen LogP) is 3.45. The average Bonchev–Trinajstić information content (AvgIpc) is 2.65. The van der Waals surface area contributed by atoms with E-state index in [1.54, 1.807) is 19.1 Å². The third-order valence-electron chi connectivity index (χ3n) is 3.64. The number of nitrogens with one attached hydrogen (secondary N) is 1. The van der Waals surface area contributed by atoms with Gasteiger partial charge in [0, 0.05) is 6.04 Å². The maximum absolute atomic E-state index is 12.2. The summed E-state index contributed by atoms with van der Waals surface area (Å²) in [6, 6.07) is 5.32. The van der Waals surface area contributed by atoms with E-state index in [1.807, 2.05) is 26.8 Å². The van der Waals surface area contributed by atoms with Gasteiger partial charge in [-0.1, -0.05) is 6.92 Å². The maximum atomic E-state index is 12.2. The molecule has 0 saturated heterocycles. The normalized spacial score (nSPS) is 11.9. The van der Waals surface area contributed by atoms with Crippen LogP contribution in [0.15, 0.2) is 17.7 Å². The fraction of sp³-hybridized carbons (Fsp3) is 0.450. The first-order chi connectivity index (χ1) is 13.4. The molecule has 7 nitrogen and oxygen atoms in total. The number of carbonyl (C=O) groups excluding carboxylic acids is 2. The molecular formula is C20H25IN2O5. The summed E-state index contributed by atoms with van der Waals surface area (Å²) < 4.78 is 16.7.